The highest BCUT2D eigenvalue weighted by Crippen LogP contribution is 2.33. The Hall–Kier alpha value is -2.93. The van der Waals surface area contributed by atoms with Gasteiger partial charge in [0.15, 0.2) is 0 Å². The fraction of sp³-hybridized carbons (Fsp3) is 0.333. The number of anilines is 3. The van der Waals surface area contributed by atoms with Crippen LogP contribution in [0.2, 0.25) is 5.02 Å². The number of fused-ring (bicyclic) bond motifs is 1. The van der Waals surface area contributed by atoms with Crippen LogP contribution < -0.4 is 21.2 Å². The predicted molar refractivity (Wildman–Crippen MR) is 118 cm³/mol. The van der Waals surface area contributed by atoms with Crippen LogP contribution in [-0.2, 0) is 14.1 Å². The first-order chi connectivity index (χ1) is 13.9. The summed E-state index contributed by atoms with van der Waals surface area (Å²) >= 11 is 6.00. The van der Waals surface area contributed by atoms with Crippen LogP contribution in [0.1, 0.15) is 19.3 Å². The Bertz CT molecular complexity index is 1130. The fourth-order valence-corrected chi connectivity index (χ4v) is 4.07. The van der Waals surface area contributed by atoms with Gasteiger partial charge in [-0.15, -0.1) is 0 Å². The van der Waals surface area contributed by atoms with Gasteiger partial charge in [0.2, 0.25) is 0 Å². The fourth-order valence-electron chi connectivity index (χ4n) is 3.88. The van der Waals surface area contributed by atoms with Crippen molar-refractivity contribution in [2.45, 2.75) is 19.3 Å². The first-order valence-corrected chi connectivity index (χ1v) is 10.1. The lowest BCUT2D eigenvalue weighted by Crippen LogP contribution is -2.31. The van der Waals surface area contributed by atoms with Gasteiger partial charge in [-0.2, -0.15) is 0 Å². The molecule has 8 heteroatoms. The summed E-state index contributed by atoms with van der Waals surface area (Å²) in [4.78, 5) is 27.3. The molecule has 0 bridgehead atoms. The van der Waals surface area contributed by atoms with E-state index >= 15 is 0 Å². The lowest BCUT2D eigenvalue weighted by atomic mass is 10.1. The molecular formula is C21H24ClN5O2. The Kier molecular flexibility index (Phi) is 5.24. The third-order valence-corrected chi connectivity index (χ3v) is 5.65. The monoisotopic (exact) mass is 413 g/mol. The van der Waals surface area contributed by atoms with Gasteiger partial charge in [0.25, 0.3) is 0 Å². The predicted octanol–water partition coefficient (Wildman–Crippen LogP) is 4.16. The number of carbonyl (C=O) groups excluding carboxylic acids is 1. The number of nitrogens with zero attached hydrogens (tertiary/aromatic N) is 3. The highest BCUT2D eigenvalue weighted by atomic mass is 35.5. The van der Waals surface area contributed by atoms with Gasteiger partial charge in [-0.05, 0) is 49.6 Å². The minimum atomic E-state index is -0.356. The number of rotatable bonds is 3. The van der Waals surface area contributed by atoms with Crippen LogP contribution in [0.3, 0.4) is 0 Å². The molecule has 2 heterocycles. The number of hydrogen-bond donors (Lipinski definition) is 2. The summed E-state index contributed by atoms with van der Waals surface area (Å²) in [6, 6.07) is 10.5. The zero-order valence-corrected chi connectivity index (χ0v) is 17.3. The molecule has 1 aliphatic rings. The molecule has 4 rings (SSSR count). The Labute approximate surface area is 173 Å². The van der Waals surface area contributed by atoms with E-state index in [4.69, 9.17) is 11.6 Å². The largest absolute Gasteiger partial charge is 0.370 e. The van der Waals surface area contributed by atoms with Crippen molar-refractivity contribution >= 4 is 45.7 Å². The topological polar surface area (TPSA) is 71.3 Å². The third kappa shape index (κ3) is 3.82. The number of imidazole rings is 1. The summed E-state index contributed by atoms with van der Waals surface area (Å²) in [5, 5.41) is 6.33. The van der Waals surface area contributed by atoms with E-state index in [0.29, 0.717) is 16.4 Å². The Morgan fingerprint density at radius 2 is 1.66 bits per heavy atom. The van der Waals surface area contributed by atoms with Crippen molar-refractivity contribution in [3.8, 4) is 0 Å². The number of aryl methyl sites for hydroxylation is 2. The van der Waals surface area contributed by atoms with Crippen LogP contribution in [0, 0.1) is 0 Å². The number of aromatic nitrogens is 2. The molecule has 3 aromatic rings. The van der Waals surface area contributed by atoms with Gasteiger partial charge >= 0.3 is 11.7 Å². The highest BCUT2D eigenvalue weighted by molar-refractivity contribution is 6.30. The maximum atomic E-state index is 12.7. The summed E-state index contributed by atoms with van der Waals surface area (Å²) in [6.45, 7) is 1.85. The van der Waals surface area contributed by atoms with Gasteiger partial charge in [0, 0.05) is 37.9 Å². The van der Waals surface area contributed by atoms with Crippen molar-refractivity contribution in [2.75, 3.05) is 28.6 Å². The summed E-state index contributed by atoms with van der Waals surface area (Å²) < 4.78 is 3.23. The summed E-state index contributed by atoms with van der Waals surface area (Å²) in [7, 11) is 3.50. The molecule has 1 aromatic heterocycles. The van der Waals surface area contributed by atoms with Crippen molar-refractivity contribution in [2.24, 2.45) is 14.1 Å². The number of benzene rings is 2. The average Bonchev–Trinajstić information content (AvgIpc) is 2.92. The number of halogens is 1. The smallest absolute Gasteiger partial charge is 0.328 e. The lowest BCUT2D eigenvalue weighted by molar-refractivity contribution is 0.262. The first-order valence-electron chi connectivity index (χ1n) is 9.72. The second-order valence-electron chi connectivity index (χ2n) is 7.40. The normalized spacial score (nSPS) is 14.2. The van der Waals surface area contributed by atoms with Crippen LogP contribution in [-0.4, -0.2) is 28.3 Å². The van der Waals surface area contributed by atoms with Crippen molar-refractivity contribution in [3.63, 3.8) is 0 Å². The number of nitrogens with one attached hydrogen (secondary N) is 2. The van der Waals surface area contributed by atoms with Crippen molar-refractivity contribution in [1.82, 2.24) is 9.13 Å². The molecule has 0 aliphatic carbocycles. The number of carbonyl (C=O) groups is 1. The minimum absolute atomic E-state index is 0.0925. The maximum absolute atomic E-state index is 12.7. The SMILES string of the molecule is Cn1c(=O)n(C)c2cc(N3CCCCC3)c(NC(=O)Nc3cccc(Cl)c3)cc21. The standard InChI is InChI=1S/C21H24ClN5O2/c1-25-18-12-16(24-20(28)23-15-8-6-7-14(22)11-15)17(27-9-4-3-5-10-27)13-19(18)26(2)21(25)29/h6-8,11-13H,3-5,9-10H2,1-2H3,(H2,23,24,28). The molecule has 2 amide bonds. The molecule has 0 spiro atoms. The van der Waals surface area contributed by atoms with E-state index in [1.807, 2.05) is 12.1 Å². The van der Waals surface area contributed by atoms with Crippen LogP contribution in [0.4, 0.5) is 21.9 Å². The average molecular weight is 414 g/mol. The second kappa shape index (κ2) is 7.83. The highest BCUT2D eigenvalue weighted by Gasteiger charge is 2.20. The van der Waals surface area contributed by atoms with Crippen molar-refractivity contribution in [1.29, 1.82) is 0 Å². The molecule has 2 aromatic carbocycles. The van der Waals surface area contributed by atoms with E-state index in [-0.39, 0.29) is 11.7 Å². The van der Waals surface area contributed by atoms with E-state index in [1.165, 1.54) is 6.42 Å². The zero-order valence-electron chi connectivity index (χ0n) is 16.5. The van der Waals surface area contributed by atoms with Crippen LogP contribution in [0.5, 0.6) is 0 Å². The molecule has 0 saturated carbocycles. The molecule has 1 fully saturated rings. The van der Waals surface area contributed by atoms with Gasteiger partial charge in [-0.1, -0.05) is 17.7 Å². The molecule has 0 atom stereocenters. The summed E-state index contributed by atoms with van der Waals surface area (Å²) in [6.07, 6.45) is 3.43. The van der Waals surface area contributed by atoms with Gasteiger partial charge in [-0.25, -0.2) is 9.59 Å². The van der Waals surface area contributed by atoms with E-state index in [2.05, 4.69) is 15.5 Å². The molecule has 29 heavy (non-hydrogen) atoms. The Morgan fingerprint density at radius 1 is 0.966 bits per heavy atom. The zero-order chi connectivity index (χ0) is 20.5. The van der Waals surface area contributed by atoms with E-state index < -0.39 is 0 Å². The maximum Gasteiger partial charge on any atom is 0.328 e. The Balaban J connectivity index is 1.71. The van der Waals surface area contributed by atoms with Gasteiger partial charge in [-0.3, -0.25) is 9.13 Å². The van der Waals surface area contributed by atoms with E-state index in [1.54, 1.807) is 47.5 Å². The molecule has 0 radical (unpaired) electrons. The molecule has 2 N–H and O–H groups in total. The third-order valence-electron chi connectivity index (χ3n) is 5.42. The molecule has 1 aliphatic heterocycles. The van der Waals surface area contributed by atoms with Gasteiger partial charge in [0.1, 0.15) is 0 Å². The quantitative estimate of drug-likeness (QED) is 0.677. The molecular weight excluding hydrogens is 390 g/mol. The van der Waals surface area contributed by atoms with Crippen molar-refractivity contribution in [3.05, 3.63) is 51.9 Å². The second-order valence-corrected chi connectivity index (χ2v) is 7.83. The molecule has 7 nitrogen and oxygen atoms in total. The number of urea groups is 1. The lowest BCUT2D eigenvalue weighted by Gasteiger charge is -2.30. The number of piperidine rings is 1. The van der Waals surface area contributed by atoms with Crippen LogP contribution in [0.25, 0.3) is 11.0 Å². The number of amides is 2. The molecule has 152 valence electrons. The van der Waals surface area contributed by atoms with E-state index in [0.717, 1.165) is 42.7 Å². The van der Waals surface area contributed by atoms with Crippen LogP contribution >= 0.6 is 11.6 Å². The minimum Gasteiger partial charge on any atom is -0.370 e. The van der Waals surface area contributed by atoms with Gasteiger partial charge < -0.3 is 15.5 Å². The summed E-state index contributed by atoms with van der Waals surface area (Å²) in [5.41, 5.74) is 3.75. The van der Waals surface area contributed by atoms with Gasteiger partial charge in [0.05, 0.1) is 22.4 Å². The summed E-state index contributed by atoms with van der Waals surface area (Å²) in [5.74, 6) is 0. The first kappa shape index (κ1) is 19.4. The number of hydrogen-bond acceptors (Lipinski definition) is 3. The van der Waals surface area contributed by atoms with Crippen molar-refractivity contribution < 1.29 is 4.79 Å². The van der Waals surface area contributed by atoms with Crippen LogP contribution in [0.15, 0.2) is 41.2 Å². The molecule has 1 saturated heterocycles. The van der Waals surface area contributed by atoms with E-state index in [9.17, 15) is 9.59 Å². The molecule has 0 unspecified atom stereocenters. The Morgan fingerprint density at radius 3 is 2.34 bits per heavy atom.